The number of benzene rings is 3. The van der Waals surface area contributed by atoms with E-state index in [1.165, 1.54) is 5.56 Å². The molecule has 0 spiro atoms. The first-order valence-corrected chi connectivity index (χ1v) is 12.3. The highest BCUT2D eigenvalue weighted by molar-refractivity contribution is 7.98. The van der Waals surface area contributed by atoms with Crippen LogP contribution in [-0.4, -0.2) is 23.8 Å². The summed E-state index contributed by atoms with van der Waals surface area (Å²) in [6.45, 7) is 0.584. The number of ether oxygens (including phenoxy) is 1. The number of hydrogen-bond donors (Lipinski definition) is 4. The zero-order valence-corrected chi connectivity index (χ0v) is 20.1. The summed E-state index contributed by atoms with van der Waals surface area (Å²) in [5.74, 6) is 6.43. The molecule has 7 nitrogen and oxygen atoms in total. The Morgan fingerprint density at radius 2 is 1.77 bits per heavy atom. The highest BCUT2D eigenvalue weighted by atomic mass is 32.2. The minimum absolute atomic E-state index is 0.215. The molecule has 1 heterocycles. The van der Waals surface area contributed by atoms with Crippen molar-refractivity contribution in [3.63, 3.8) is 0 Å². The lowest BCUT2D eigenvalue weighted by Gasteiger charge is -2.12. The zero-order valence-electron chi connectivity index (χ0n) is 19.3. The quantitative estimate of drug-likeness (QED) is 0.146. The van der Waals surface area contributed by atoms with E-state index in [1.807, 2.05) is 60.9 Å². The summed E-state index contributed by atoms with van der Waals surface area (Å²) in [5, 5.41) is 2.95. The van der Waals surface area contributed by atoms with Crippen LogP contribution in [0.3, 0.4) is 0 Å². The second-order valence-corrected chi connectivity index (χ2v) is 8.67. The average Bonchev–Trinajstić information content (AvgIpc) is 2.90. The second kappa shape index (κ2) is 11.4. The van der Waals surface area contributed by atoms with Crippen molar-refractivity contribution in [3.05, 3.63) is 96.1 Å². The smallest absolute Gasteiger partial charge is 0.255 e. The number of aromatic nitrogens is 1. The Morgan fingerprint density at radius 3 is 2.49 bits per heavy atom. The number of carbonyl (C=O) groups is 1. The first-order chi connectivity index (χ1) is 17.1. The summed E-state index contributed by atoms with van der Waals surface area (Å²) in [6, 6.07) is 26.7. The molecule has 3 aromatic carbocycles. The molecule has 0 bridgehead atoms. The summed E-state index contributed by atoms with van der Waals surface area (Å²) in [4.78, 5) is 18.4. The molecule has 1 amide bonds. The highest BCUT2D eigenvalue weighted by Gasteiger charge is 2.12. The third-order valence-electron chi connectivity index (χ3n) is 5.38. The van der Waals surface area contributed by atoms with Gasteiger partial charge in [-0.05, 0) is 66.4 Å². The van der Waals surface area contributed by atoms with Crippen LogP contribution in [0.5, 0.6) is 5.75 Å². The molecule has 1 aromatic heterocycles. The first-order valence-electron chi connectivity index (χ1n) is 11.1. The highest BCUT2D eigenvalue weighted by Crippen LogP contribution is 2.28. The molecule has 0 fully saturated rings. The van der Waals surface area contributed by atoms with Gasteiger partial charge in [-0.1, -0.05) is 30.3 Å². The van der Waals surface area contributed by atoms with Gasteiger partial charge < -0.3 is 21.2 Å². The molecule has 178 valence electrons. The number of nitrogens with one attached hydrogen (secondary N) is 2. The van der Waals surface area contributed by atoms with Gasteiger partial charge in [0, 0.05) is 28.1 Å². The fraction of sp³-hybridized carbons (Fsp3) is 0.111. The summed E-state index contributed by atoms with van der Waals surface area (Å²) >= 11 is 1.55. The molecule has 4 rings (SSSR count). The van der Waals surface area contributed by atoms with E-state index < -0.39 is 0 Å². The lowest BCUT2D eigenvalue weighted by molar-refractivity contribution is 0.102. The van der Waals surface area contributed by atoms with Crippen LogP contribution in [0.2, 0.25) is 0 Å². The van der Waals surface area contributed by atoms with Gasteiger partial charge in [0.15, 0.2) is 5.82 Å². The van der Waals surface area contributed by atoms with Gasteiger partial charge >= 0.3 is 0 Å². The van der Waals surface area contributed by atoms with E-state index in [1.54, 1.807) is 30.0 Å². The maximum Gasteiger partial charge on any atom is 0.255 e. The molecular weight excluding hydrogens is 458 g/mol. The molecule has 0 saturated carbocycles. The first kappa shape index (κ1) is 24.1. The largest absolute Gasteiger partial charge is 0.493 e. The number of carbonyl (C=O) groups excluding carboxylic acids is 1. The molecule has 4 aromatic rings. The molecule has 6 N–H and O–H groups in total. The normalized spacial score (nSPS) is 10.6. The molecule has 0 aliphatic rings. The summed E-state index contributed by atoms with van der Waals surface area (Å²) in [7, 11) is 0. The van der Waals surface area contributed by atoms with Crippen molar-refractivity contribution in [1.82, 2.24) is 4.98 Å². The number of hydrazine groups is 1. The van der Waals surface area contributed by atoms with Crippen LogP contribution in [0.4, 0.5) is 17.2 Å². The van der Waals surface area contributed by atoms with Crippen LogP contribution in [0.15, 0.2) is 89.8 Å². The standard InChI is InChI=1S/C27H27N5O2S/c1-35-23-16-19(25-12-11-24(28)26(31-25)32-29)15-20(17-23)27(33)30-21-7-9-22(10-8-21)34-14-13-18-5-3-2-4-6-18/h2-12,15-17H,13-14,28-29H2,1H3,(H,30,33)(H,31,32). The second-order valence-electron chi connectivity index (χ2n) is 7.79. The number of rotatable bonds is 9. The summed E-state index contributed by atoms with van der Waals surface area (Å²) in [5.41, 5.74) is 12.7. The van der Waals surface area contributed by atoms with Crippen LogP contribution < -0.4 is 27.1 Å². The van der Waals surface area contributed by atoms with Crippen molar-refractivity contribution in [1.29, 1.82) is 0 Å². The summed E-state index contributed by atoms with van der Waals surface area (Å²) < 4.78 is 5.83. The van der Waals surface area contributed by atoms with Gasteiger partial charge in [-0.3, -0.25) is 4.79 Å². The Bertz CT molecular complexity index is 1300. The van der Waals surface area contributed by atoms with E-state index in [-0.39, 0.29) is 5.91 Å². The molecular formula is C27H27N5O2S. The topological polar surface area (TPSA) is 115 Å². The lowest BCUT2D eigenvalue weighted by atomic mass is 10.1. The number of thioether (sulfide) groups is 1. The monoisotopic (exact) mass is 485 g/mol. The minimum atomic E-state index is -0.215. The van der Waals surface area contributed by atoms with Crippen LogP contribution in [0.25, 0.3) is 11.3 Å². The molecule has 0 atom stereocenters. The van der Waals surface area contributed by atoms with Crippen molar-refractivity contribution in [2.24, 2.45) is 5.84 Å². The van der Waals surface area contributed by atoms with Crippen LogP contribution in [0, 0.1) is 0 Å². The Labute approximate surface area is 208 Å². The molecule has 8 heteroatoms. The number of anilines is 3. The number of pyridine rings is 1. The predicted octanol–water partition coefficient (Wildman–Crippen LogP) is 5.21. The Balaban J connectivity index is 1.44. The van der Waals surface area contributed by atoms with E-state index in [4.69, 9.17) is 16.3 Å². The third-order valence-corrected chi connectivity index (χ3v) is 6.08. The number of hydrogen-bond acceptors (Lipinski definition) is 7. The van der Waals surface area contributed by atoms with Crippen LogP contribution in [-0.2, 0) is 6.42 Å². The Kier molecular flexibility index (Phi) is 7.87. The van der Waals surface area contributed by atoms with E-state index >= 15 is 0 Å². The van der Waals surface area contributed by atoms with Crippen LogP contribution in [0.1, 0.15) is 15.9 Å². The lowest BCUT2D eigenvalue weighted by Crippen LogP contribution is -2.13. The zero-order chi connectivity index (χ0) is 24.6. The van der Waals surface area contributed by atoms with Crippen LogP contribution >= 0.6 is 11.8 Å². The van der Waals surface area contributed by atoms with Crippen molar-refractivity contribution in [2.45, 2.75) is 11.3 Å². The number of nitrogens with two attached hydrogens (primary N) is 2. The van der Waals surface area contributed by atoms with Gasteiger partial charge in [-0.25, -0.2) is 10.8 Å². The van der Waals surface area contributed by atoms with Gasteiger partial charge in [-0.2, -0.15) is 0 Å². The molecule has 0 radical (unpaired) electrons. The predicted molar refractivity (Wildman–Crippen MR) is 144 cm³/mol. The van der Waals surface area contributed by atoms with E-state index in [0.717, 1.165) is 22.6 Å². The fourth-order valence-corrected chi connectivity index (χ4v) is 4.00. The molecule has 0 aliphatic carbocycles. The van der Waals surface area contributed by atoms with E-state index in [0.29, 0.717) is 35.1 Å². The van der Waals surface area contributed by atoms with E-state index in [2.05, 4.69) is 27.9 Å². The van der Waals surface area contributed by atoms with Crippen molar-refractivity contribution < 1.29 is 9.53 Å². The fourth-order valence-electron chi connectivity index (χ4n) is 3.51. The van der Waals surface area contributed by atoms with E-state index in [9.17, 15) is 4.79 Å². The number of nitrogen functional groups attached to an aromatic ring is 2. The Morgan fingerprint density at radius 1 is 1.00 bits per heavy atom. The van der Waals surface area contributed by atoms with Gasteiger partial charge in [-0.15, -0.1) is 11.8 Å². The number of nitrogens with zero attached hydrogens (tertiary/aromatic N) is 1. The van der Waals surface area contributed by atoms with Gasteiger partial charge in [0.25, 0.3) is 5.91 Å². The summed E-state index contributed by atoms with van der Waals surface area (Å²) in [6.07, 6.45) is 2.79. The van der Waals surface area contributed by atoms with Crippen molar-refractivity contribution in [3.8, 4) is 17.0 Å². The maximum absolute atomic E-state index is 13.0. The third kappa shape index (κ3) is 6.32. The SMILES string of the molecule is CSc1cc(C(=O)Nc2ccc(OCCc3ccccc3)cc2)cc(-c2ccc(N)c(NN)n2)c1. The van der Waals surface area contributed by atoms with Gasteiger partial charge in [0.2, 0.25) is 0 Å². The molecule has 0 saturated heterocycles. The number of amides is 1. The molecule has 35 heavy (non-hydrogen) atoms. The minimum Gasteiger partial charge on any atom is -0.493 e. The van der Waals surface area contributed by atoms with Gasteiger partial charge in [0.05, 0.1) is 18.0 Å². The van der Waals surface area contributed by atoms with Crippen molar-refractivity contribution in [2.75, 3.05) is 29.3 Å². The maximum atomic E-state index is 13.0. The molecule has 0 aliphatic heterocycles. The Hall–Kier alpha value is -4.01. The van der Waals surface area contributed by atoms with Crippen molar-refractivity contribution >= 4 is 34.9 Å². The van der Waals surface area contributed by atoms with Gasteiger partial charge in [0.1, 0.15) is 5.75 Å². The molecule has 0 unspecified atom stereocenters. The average molecular weight is 486 g/mol.